The van der Waals surface area contributed by atoms with Crippen LogP contribution < -0.4 is 0 Å². The Morgan fingerprint density at radius 2 is 1.00 bits per heavy atom. The maximum absolute atomic E-state index is 7.34. The van der Waals surface area contributed by atoms with Crippen LogP contribution in [0.2, 0.25) is 5.04 Å². The summed E-state index contributed by atoms with van der Waals surface area (Å²) in [6.07, 6.45) is 0. The highest BCUT2D eigenvalue weighted by atomic mass is 35.6. The van der Waals surface area contributed by atoms with Gasteiger partial charge in [0.15, 0.2) is 0 Å². The number of rotatable bonds is 0. The van der Waals surface area contributed by atoms with Crippen molar-refractivity contribution in [3.63, 3.8) is 0 Å². The molecule has 1 rings (SSSR count). The summed E-state index contributed by atoms with van der Waals surface area (Å²) in [5.74, 6) is 0. The van der Waals surface area contributed by atoms with E-state index in [1.807, 2.05) is 0 Å². The van der Waals surface area contributed by atoms with Crippen molar-refractivity contribution >= 4 is 18.8 Å². The zero-order valence-electron chi connectivity index (χ0n) is 13.7. The highest BCUT2D eigenvalue weighted by Crippen LogP contribution is 2.50. The summed E-state index contributed by atoms with van der Waals surface area (Å²) in [7, 11) is -2.18. The third-order valence-electron chi connectivity index (χ3n) is 3.84. The first-order valence-corrected chi connectivity index (χ1v) is 9.87. The van der Waals surface area contributed by atoms with Crippen LogP contribution in [0, 0.1) is 0 Å². The Kier molecular flexibility index (Phi) is 4.09. The maximum Gasteiger partial charge on any atom is 0.313 e. The van der Waals surface area contributed by atoms with Crippen LogP contribution in [-0.4, -0.2) is 41.0 Å². The highest BCUT2D eigenvalue weighted by Gasteiger charge is 2.62. The molecule has 1 fully saturated rings. The second-order valence-electron chi connectivity index (χ2n) is 8.48. The summed E-state index contributed by atoms with van der Waals surface area (Å²) in [6.45, 7) is 22.8. The molecule has 1 saturated heterocycles. The van der Waals surface area contributed by atoms with Crippen molar-refractivity contribution in [3.8, 4) is 0 Å². The van der Waals surface area contributed by atoms with E-state index in [0.717, 1.165) is 13.1 Å². The van der Waals surface area contributed by atoms with Gasteiger partial charge in [-0.1, -0.05) is 20.8 Å². The number of nitrogens with zero attached hydrogens (tertiary/aromatic N) is 2. The van der Waals surface area contributed by atoms with E-state index in [1.165, 1.54) is 0 Å². The summed E-state index contributed by atoms with van der Waals surface area (Å²) < 4.78 is 5.18. The van der Waals surface area contributed by atoms with Crippen molar-refractivity contribution in [2.45, 2.75) is 78.4 Å². The summed E-state index contributed by atoms with van der Waals surface area (Å²) in [5.41, 5.74) is 0.280. The van der Waals surface area contributed by atoms with Gasteiger partial charge in [-0.15, -0.1) is 11.1 Å². The smallest absolute Gasteiger partial charge is 0.293 e. The largest absolute Gasteiger partial charge is 0.313 e. The van der Waals surface area contributed by atoms with Crippen LogP contribution in [0.5, 0.6) is 0 Å². The fourth-order valence-corrected chi connectivity index (χ4v) is 9.52. The Hall–Kier alpha value is 0.427. The molecule has 0 spiro atoms. The molecule has 0 saturated carbocycles. The van der Waals surface area contributed by atoms with Crippen molar-refractivity contribution in [1.29, 1.82) is 0 Å². The summed E-state index contributed by atoms with van der Waals surface area (Å²) in [4.78, 5) is 0. The molecule has 0 aromatic carbocycles. The van der Waals surface area contributed by atoms with E-state index >= 15 is 0 Å². The van der Waals surface area contributed by atoms with Crippen LogP contribution >= 0.6 is 11.1 Å². The molecule has 0 N–H and O–H groups in total. The number of halogens is 1. The first-order chi connectivity index (χ1) is 7.72. The Bertz CT molecular complexity index is 287. The van der Waals surface area contributed by atoms with Gasteiger partial charge in [-0.2, -0.15) is 0 Å². The van der Waals surface area contributed by atoms with Gasteiger partial charge >= 0.3 is 7.71 Å². The standard InChI is InChI=1S/C14H31ClN2Si/c1-12(2,3)16-10-11-17(13(4,5)6)18(16,15)14(7,8)9/h10-11H2,1-9H3. The Morgan fingerprint density at radius 3 is 1.17 bits per heavy atom. The highest BCUT2D eigenvalue weighted by molar-refractivity contribution is 7.19. The number of hydrogen-bond acceptors (Lipinski definition) is 2. The molecule has 0 radical (unpaired) electrons. The van der Waals surface area contributed by atoms with E-state index in [0.29, 0.717) is 0 Å². The lowest BCUT2D eigenvalue weighted by Gasteiger charge is -2.53. The molecule has 0 atom stereocenters. The summed E-state index contributed by atoms with van der Waals surface area (Å²) in [6, 6.07) is 0. The fraction of sp³-hybridized carbons (Fsp3) is 1.00. The lowest BCUT2D eigenvalue weighted by atomic mass is 10.1. The molecule has 0 aromatic rings. The molecule has 1 heterocycles. The normalized spacial score (nSPS) is 23.7. The van der Waals surface area contributed by atoms with Gasteiger partial charge in [0, 0.05) is 24.2 Å². The van der Waals surface area contributed by atoms with Crippen molar-refractivity contribution < 1.29 is 0 Å². The molecule has 1 aliphatic rings. The molecule has 0 unspecified atom stereocenters. The van der Waals surface area contributed by atoms with Crippen molar-refractivity contribution in [1.82, 2.24) is 9.13 Å². The topological polar surface area (TPSA) is 6.48 Å². The van der Waals surface area contributed by atoms with Gasteiger partial charge in [-0.25, -0.2) is 0 Å². The van der Waals surface area contributed by atoms with Gasteiger partial charge in [0.2, 0.25) is 0 Å². The van der Waals surface area contributed by atoms with E-state index < -0.39 is 7.71 Å². The SMILES string of the molecule is CC(C)(C)N1CCN(C(C)(C)C)[Si]1(Cl)C(C)(C)C. The van der Waals surface area contributed by atoms with Gasteiger partial charge in [-0.3, -0.25) is 9.13 Å². The fourth-order valence-electron chi connectivity index (χ4n) is 3.01. The molecule has 0 bridgehead atoms. The van der Waals surface area contributed by atoms with Crippen LogP contribution in [0.4, 0.5) is 0 Å². The van der Waals surface area contributed by atoms with Gasteiger partial charge in [0.1, 0.15) is 0 Å². The minimum Gasteiger partial charge on any atom is -0.293 e. The predicted octanol–water partition coefficient (Wildman–Crippen LogP) is 4.18. The lowest BCUT2D eigenvalue weighted by Crippen LogP contribution is -2.68. The zero-order chi connectivity index (χ0) is 14.6. The molecule has 2 nitrogen and oxygen atoms in total. The van der Waals surface area contributed by atoms with Crippen molar-refractivity contribution in [2.24, 2.45) is 0 Å². The maximum atomic E-state index is 7.34. The monoisotopic (exact) mass is 290 g/mol. The second-order valence-corrected chi connectivity index (χ2v) is 13.8. The van der Waals surface area contributed by atoms with Gasteiger partial charge in [0.25, 0.3) is 0 Å². The second kappa shape index (κ2) is 4.47. The molecular weight excluding hydrogens is 260 g/mol. The lowest BCUT2D eigenvalue weighted by molar-refractivity contribution is 0.244. The van der Waals surface area contributed by atoms with Crippen molar-refractivity contribution in [3.05, 3.63) is 0 Å². The minimum absolute atomic E-state index is 0.131. The third kappa shape index (κ3) is 2.65. The third-order valence-corrected chi connectivity index (χ3v) is 11.9. The minimum atomic E-state index is -2.18. The zero-order valence-corrected chi connectivity index (χ0v) is 15.4. The Balaban J connectivity index is 3.30. The summed E-state index contributed by atoms with van der Waals surface area (Å²) >= 11 is 7.34. The Morgan fingerprint density at radius 1 is 0.722 bits per heavy atom. The van der Waals surface area contributed by atoms with Gasteiger partial charge in [0.05, 0.1) is 0 Å². The van der Waals surface area contributed by atoms with E-state index in [4.69, 9.17) is 11.1 Å². The van der Waals surface area contributed by atoms with E-state index in [-0.39, 0.29) is 16.1 Å². The molecule has 0 amide bonds. The molecule has 0 aliphatic carbocycles. The average molecular weight is 291 g/mol. The van der Waals surface area contributed by atoms with Crippen LogP contribution in [0.3, 0.4) is 0 Å². The molecule has 0 aromatic heterocycles. The average Bonchev–Trinajstić information content (AvgIpc) is 2.40. The van der Waals surface area contributed by atoms with Crippen LogP contribution in [0.25, 0.3) is 0 Å². The molecule has 4 heteroatoms. The van der Waals surface area contributed by atoms with E-state index in [2.05, 4.69) is 71.4 Å². The first kappa shape index (κ1) is 16.5. The molecule has 108 valence electrons. The first-order valence-electron chi connectivity index (χ1n) is 6.97. The molecular formula is C14H31ClN2Si. The van der Waals surface area contributed by atoms with E-state index in [1.54, 1.807) is 0 Å². The predicted molar refractivity (Wildman–Crippen MR) is 84.2 cm³/mol. The summed E-state index contributed by atoms with van der Waals surface area (Å²) in [5, 5.41) is 0.131. The molecule has 18 heavy (non-hydrogen) atoms. The van der Waals surface area contributed by atoms with Crippen LogP contribution in [0.15, 0.2) is 0 Å². The van der Waals surface area contributed by atoms with Crippen LogP contribution in [-0.2, 0) is 0 Å². The van der Waals surface area contributed by atoms with E-state index in [9.17, 15) is 0 Å². The Labute approximate surface area is 120 Å². The van der Waals surface area contributed by atoms with Crippen LogP contribution in [0.1, 0.15) is 62.3 Å². The molecule has 1 aliphatic heterocycles. The van der Waals surface area contributed by atoms with Gasteiger partial charge in [-0.05, 0) is 46.6 Å². The quantitative estimate of drug-likeness (QED) is 0.488. The number of hydrogen-bond donors (Lipinski definition) is 0. The van der Waals surface area contributed by atoms with Crippen molar-refractivity contribution in [2.75, 3.05) is 13.1 Å². The van der Waals surface area contributed by atoms with Gasteiger partial charge < -0.3 is 0 Å².